The van der Waals surface area contributed by atoms with Crippen molar-refractivity contribution in [3.63, 3.8) is 0 Å². The van der Waals surface area contributed by atoms with E-state index in [9.17, 15) is 4.79 Å². The van der Waals surface area contributed by atoms with Gasteiger partial charge in [0.2, 0.25) is 5.28 Å². The molecule has 0 aromatic carbocycles. The van der Waals surface area contributed by atoms with E-state index in [2.05, 4.69) is 16.0 Å². The lowest BCUT2D eigenvalue weighted by atomic mass is 9.87. The van der Waals surface area contributed by atoms with E-state index >= 15 is 0 Å². The SMILES string of the molecule is Cn1c(=O)n([C@H]2CC[C@H](C#N)CC2)c2nc(Cl)ncc21. The Morgan fingerprint density at radius 1 is 1.40 bits per heavy atom. The molecule has 7 heteroatoms. The number of halogens is 1. The van der Waals surface area contributed by atoms with Crippen molar-refractivity contribution in [2.75, 3.05) is 0 Å². The van der Waals surface area contributed by atoms with Crippen LogP contribution >= 0.6 is 11.6 Å². The monoisotopic (exact) mass is 291 g/mol. The summed E-state index contributed by atoms with van der Waals surface area (Å²) in [5.74, 6) is 0.107. The average Bonchev–Trinajstić information content (AvgIpc) is 2.71. The first-order valence-electron chi connectivity index (χ1n) is 6.61. The van der Waals surface area contributed by atoms with Crippen LogP contribution in [-0.4, -0.2) is 19.1 Å². The molecule has 0 radical (unpaired) electrons. The molecule has 0 bridgehead atoms. The number of aryl methyl sites for hydroxylation is 1. The van der Waals surface area contributed by atoms with E-state index < -0.39 is 0 Å². The Morgan fingerprint density at radius 2 is 2.10 bits per heavy atom. The number of nitriles is 1. The molecule has 0 atom stereocenters. The molecular weight excluding hydrogens is 278 g/mol. The molecule has 0 amide bonds. The number of hydrogen-bond acceptors (Lipinski definition) is 4. The number of rotatable bonds is 1. The van der Waals surface area contributed by atoms with Crippen LogP contribution in [0.2, 0.25) is 5.28 Å². The van der Waals surface area contributed by atoms with E-state index in [4.69, 9.17) is 16.9 Å². The molecule has 0 saturated heterocycles. The first-order chi connectivity index (χ1) is 9.61. The van der Waals surface area contributed by atoms with Crippen molar-refractivity contribution in [1.82, 2.24) is 19.1 Å². The number of fused-ring (bicyclic) bond motifs is 1. The molecule has 6 nitrogen and oxygen atoms in total. The lowest BCUT2D eigenvalue weighted by Gasteiger charge is -2.25. The van der Waals surface area contributed by atoms with Crippen LogP contribution in [0.5, 0.6) is 0 Å². The van der Waals surface area contributed by atoms with Crippen molar-refractivity contribution < 1.29 is 0 Å². The fourth-order valence-electron chi connectivity index (χ4n) is 2.91. The lowest BCUT2D eigenvalue weighted by Crippen LogP contribution is -2.28. The molecule has 1 fully saturated rings. The van der Waals surface area contributed by atoms with E-state index in [1.165, 1.54) is 0 Å². The van der Waals surface area contributed by atoms with E-state index in [-0.39, 0.29) is 22.9 Å². The molecule has 1 saturated carbocycles. The second-order valence-electron chi connectivity index (χ2n) is 5.19. The third kappa shape index (κ3) is 1.98. The molecule has 2 aromatic rings. The zero-order valence-electron chi connectivity index (χ0n) is 11.1. The fraction of sp³-hybridized carbons (Fsp3) is 0.538. The van der Waals surface area contributed by atoms with Crippen molar-refractivity contribution in [3.05, 3.63) is 22.0 Å². The molecule has 1 aliphatic rings. The van der Waals surface area contributed by atoms with Crippen LogP contribution in [-0.2, 0) is 7.05 Å². The maximum atomic E-state index is 12.4. The second kappa shape index (κ2) is 4.91. The van der Waals surface area contributed by atoms with Gasteiger partial charge in [0, 0.05) is 19.0 Å². The topological polar surface area (TPSA) is 76.5 Å². The third-order valence-corrected chi connectivity index (χ3v) is 4.23. The van der Waals surface area contributed by atoms with Crippen LogP contribution in [0.4, 0.5) is 0 Å². The highest BCUT2D eigenvalue weighted by atomic mass is 35.5. The van der Waals surface area contributed by atoms with Gasteiger partial charge in [-0.3, -0.25) is 9.13 Å². The quantitative estimate of drug-likeness (QED) is 0.753. The molecule has 2 heterocycles. The minimum Gasteiger partial charge on any atom is -0.292 e. The number of aromatic nitrogens is 4. The van der Waals surface area contributed by atoms with Gasteiger partial charge in [-0.05, 0) is 37.3 Å². The summed E-state index contributed by atoms with van der Waals surface area (Å²) in [5.41, 5.74) is 1.16. The van der Waals surface area contributed by atoms with Crippen LogP contribution < -0.4 is 5.69 Å². The first kappa shape index (κ1) is 13.1. The van der Waals surface area contributed by atoms with E-state index in [1.54, 1.807) is 22.4 Å². The Morgan fingerprint density at radius 3 is 2.75 bits per heavy atom. The predicted molar refractivity (Wildman–Crippen MR) is 74.4 cm³/mol. The summed E-state index contributed by atoms with van der Waals surface area (Å²) in [5, 5.41) is 9.10. The van der Waals surface area contributed by atoms with Gasteiger partial charge >= 0.3 is 5.69 Å². The summed E-state index contributed by atoms with van der Waals surface area (Å²) < 4.78 is 3.25. The minimum absolute atomic E-state index is 0.0850. The summed E-state index contributed by atoms with van der Waals surface area (Å²) in [6.45, 7) is 0. The van der Waals surface area contributed by atoms with Gasteiger partial charge in [-0.1, -0.05) is 0 Å². The van der Waals surface area contributed by atoms with E-state index in [0.717, 1.165) is 25.7 Å². The number of hydrogen-bond donors (Lipinski definition) is 0. The van der Waals surface area contributed by atoms with Crippen molar-refractivity contribution in [2.24, 2.45) is 13.0 Å². The zero-order valence-corrected chi connectivity index (χ0v) is 11.8. The molecule has 0 N–H and O–H groups in total. The van der Waals surface area contributed by atoms with Crippen LogP contribution in [0.3, 0.4) is 0 Å². The summed E-state index contributed by atoms with van der Waals surface area (Å²) in [6.07, 6.45) is 4.85. The number of nitrogens with zero attached hydrogens (tertiary/aromatic N) is 5. The Balaban J connectivity index is 2.08. The second-order valence-corrected chi connectivity index (χ2v) is 5.53. The number of imidazole rings is 1. The highest BCUT2D eigenvalue weighted by Crippen LogP contribution is 2.32. The third-order valence-electron chi connectivity index (χ3n) is 4.05. The van der Waals surface area contributed by atoms with Gasteiger partial charge in [-0.25, -0.2) is 9.78 Å². The molecule has 104 valence electrons. The molecule has 2 aromatic heterocycles. The van der Waals surface area contributed by atoms with Gasteiger partial charge in [0.25, 0.3) is 0 Å². The van der Waals surface area contributed by atoms with Gasteiger partial charge < -0.3 is 0 Å². The van der Waals surface area contributed by atoms with Gasteiger partial charge in [0.05, 0.1) is 12.3 Å². The van der Waals surface area contributed by atoms with Gasteiger partial charge in [-0.2, -0.15) is 10.2 Å². The molecule has 3 rings (SSSR count). The molecular formula is C13H14ClN5O. The highest BCUT2D eigenvalue weighted by molar-refractivity contribution is 6.28. The fourth-order valence-corrected chi connectivity index (χ4v) is 3.04. The normalized spacial score (nSPS) is 22.9. The zero-order chi connectivity index (χ0) is 14.3. The summed E-state index contributed by atoms with van der Waals surface area (Å²) in [6, 6.07) is 2.39. The highest BCUT2D eigenvalue weighted by Gasteiger charge is 2.26. The Labute approximate surface area is 120 Å². The van der Waals surface area contributed by atoms with Gasteiger partial charge in [-0.15, -0.1) is 0 Å². The molecule has 0 aliphatic heterocycles. The Kier molecular flexibility index (Phi) is 3.22. The smallest absolute Gasteiger partial charge is 0.292 e. The Hall–Kier alpha value is -1.87. The largest absolute Gasteiger partial charge is 0.330 e. The van der Waals surface area contributed by atoms with Crippen LogP contribution in [0.1, 0.15) is 31.7 Å². The summed E-state index contributed by atoms with van der Waals surface area (Å²) >= 11 is 5.85. The maximum absolute atomic E-state index is 12.4. The van der Waals surface area contributed by atoms with Crippen LogP contribution in [0.15, 0.2) is 11.0 Å². The molecule has 20 heavy (non-hydrogen) atoms. The van der Waals surface area contributed by atoms with Crippen molar-refractivity contribution in [3.8, 4) is 6.07 Å². The predicted octanol–water partition coefficient (Wildman–Crippen LogP) is 2.04. The molecule has 1 aliphatic carbocycles. The van der Waals surface area contributed by atoms with E-state index in [0.29, 0.717) is 11.2 Å². The maximum Gasteiger partial charge on any atom is 0.330 e. The van der Waals surface area contributed by atoms with Crippen LogP contribution in [0.25, 0.3) is 11.2 Å². The Bertz CT molecular complexity index is 748. The summed E-state index contributed by atoms with van der Waals surface area (Å²) in [4.78, 5) is 20.5. The van der Waals surface area contributed by atoms with Gasteiger partial charge in [0.15, 0.2) is 5.65 Å². The average molecular weight is 292 g/mol. The van der Waals surface area contributed by atoms with Gasteiger partial charge in [0.1, 0.15) is 5.52 Å². The van der Waals surface area contributed by atoms with Crippen molar-refractivity contribution in [2.45, 2.75) is 31.7 Å². The lowest BCUT2D eigenvalue weighted by molar-refractivity contribution is 0.311. The molecule has 0 spiro atoms. The van der Waals surface area contributed by atoms with Crippen molar-refractivity contribution in [1.29, 1.82) is 5.26 Å². The van der Waals surface area contributed by atoms with Crippen molar-refractivity contribution >= 4 is 22.8 Å². The van der Waals surface area contributed by atoms with E-state index in [1.807, 2.05) is 0 Å². The van der Waals surface area contributed by atoms with Crippen LogP contribution in [0, 0.1) is 17.2 Å². The molecule has 0 unspecified atom stereocenters. The standard InChI is InChI=1S/C13H14ClN5O/c1-18-10-7-16-12(14)17-11(10)19(13(18)20)9-4-2-8(6-15)3-5-9/h7-9H,2-5H2,1H3/t8-,9-. The first-order valence-corrected chi connectivity index (χ1v) is 6.98. The summed E-state index contributed by atoms with van der Waals surface area (Å²) in [7, 11) is 1.71. The minimum atomic E-state index is -0.100.